The Morgan fingerprint density at radius 2 is 1.86 bits per heavy atom. The summed E-state index contributed by atoms with van der Waals surface area (Å²) in [7, 11) is -3.50. The third kappa shape index (κ3) is 3.57. The number of benzene rings is 1. The first-order valence-electron chi connectivity index (χ1n) is 4.04. The van der Waals surface area contributed by atoms with E-state index in [0.29, 0.717) is 6.42 Å². The van der Waals surface area contributed by atoms with Crippen LogP contribution in [0.3, 0.4) is 0 Å². The van der Waals surface area contributed by atoms with Crippen molar-refractivity contribution < 1.29 is 13.2 Å². The lowest BCUT2D eigenvalue weighted by atomic mass is 10.2. The molecule has 75 valence electrons. The lowest BCUT2D eigenvalue weighted by molar-refractivity contribution is 0.547. The first kappa shape index (κ1) is 10.7. The topological polar surface area (TPSA) is 63.2 Å². The minimum atomic E-state index is -3.50. The van der Waals surface area contributed by atoms with E-state index in [-0.39, 0.29) is 5.75 Å². The van der Waals surface area contributed by atoms with E-state index in [1.54, 1.807) is 4.72 Å². The fourth-order valence-electron chi connectivity index (χ4n) is 1.01. The Balaban J connectivity index is 2.53. The highest BCUT2D eigenvalue weighted by Crippen LogP contribution is 2.00. The van der Waals surface area contributed by atoms with Crippen LogP contribution in [0.25, 0.3) is 0 Å². The van der Waals surface area contributed by atoms with Crippen LogP contribution in [0.15, 0.2) is 30.3 Å². The molecule has 0 aliphatic carbocycles. The van der Waals surface area contributed by atoms with Crippen molar-refractivity contribution in [2.75, 3.05) is 5.75 Å². The van der Waals surface area contributed by atoms with Crippen LogP contribution in [-0.2, 0) is 21.2 Å². The van der Waals surface area contributed by atoms with Crippen molar-refractivity contribution >= 4 is 16.4 Å². The Bertz CT molecular complexity index is 386. The number of hydrogen-bond donors (Lipinski definition) is 1. The summed E-state index contributed by atoms with van der Waals surface area (Å²) >= 11 is 0. The molecule has 0 saturated heterocycles. The van der Waals surface area contributed by atoms with E-state index in [0.717, 1.165) is 12.0 Å². The van der Waals surface area contributed by atoms with Crippen molar-refractivity contribution in [2.24, 2.45) is 0 Å². The second-order valence-corrected chi connectivity index (χ2v) is 4.60. The van der Waals surface area contributed by atoms with Crippen molar-refractivity contribution in [1.82, 2.24) is 4.72 Å². The molecule has 14 heavy (non-hydrogen) atoms. The molecule has 0 saturated carbocycles. The Kier molecular flexibility index (Phi) is 3.64. The molecule has 1 amide bonds. The van der Waals surface area contributed by atoms with Gasteiger partial charge in [0.1, 0.15) is 0 Å². The average Bonchev–Trinajstić information content (AvgIpc) is 2.17. The smallest absolute Gasteiger partial charge is 0.263 e. The van der Waals surface area contributed by atoms with E-state index in [2.05, 4.69) is 0 Å². The molecule has 0 aliphatic heterocycles. The normalized spacial score (nSPS) is 10.9. The summed E-state index contributed by atoms with van der Waals surface area (Å²) in [6.45, 7) is 0. The number of aryl methyl sites for hydroxylation is 1. The molecular weight excluding hydrogens is 202 g/mol. The van der Waals surface area contributed by atoms with E-state index < -0.39 is 10.0 Å². The van der Waals surface area contributed by atoms with E-state index in [1.165, 1.54) is 0 Å². The zero-order valence-corrected chi connectivity index (χ0v) is 8.25. The predicted molar refractivity (Wildman–Crippen MR) is 52.8 cm³/mol. The summed E-state index contributed by atoms with van der Waals surface area (Å²) in [6, 6.07) is 9.19. The maximum absolute atomic E-state index is 11.0. The van der Waals surface area contributed by atoms with Gasteiger partial charge in [0.05, 0.1) is 5.75 Å². The lowest BCUT2D eigenvalue weighted by Gasteiger charge is -2.01. The molecule has 0 unspecified atom stereocenters. The van der Waals surface area contributed by atoms with Crippen molar-refractivity contribution in [3.63, 3.8) is 0 Å². The fourth-order valence-corrected chi connectivity index (χ4v) is 1.74. The lowest BCUT2D eigenvalue weighted by Crippen LogP contribution is -2.25. The summed E-state index contributed by atoms with van der Waals surface area (Å²) in [5, 5.41) is 0. The van der Waals surface area contributed by atoms with Crippen LogP contribution in [0.2, 0.25) is 0 Å². The van der Waals surface area contributed by atoms with Gasteiger partial charge in [0.2, 0.25) is 10.0 Å². The van der Waals surface area contributed by atoms with Crippen LogP contribution < -0.4 is 4.72 Å². The number of nitrogens with one attached hydrogen (secondary N) is 1. The second kappa shape index (κ2) is 4.76. The Morgan fingerprint density at radius 1 is 1.21 bits per heavy atom. The molecule has 1 radical (unpaired) electrons. The Morgan fingerprint density at radius 3 is 2.43 bits per heavy atom. The van der Waals surface area contributed by atoms with E-state index >= 15 is 0 Å². The van der Waals surface area contributed by atoms with Crippen LogP contribution >= 0.6 is 0 Å². The van der Waals surface area contributed by atoms with E-state index in [1.807, 2.05) is 30.3 Å². The van der Waals surface area contributed by atoms with Gasteiger partial charge in [-0.15, -0.1) is 0 Å². The molecule has 0 atom stereocenters. The molecule has 0 spiro atoms. The summed E-state index contributed by atoms with van der Waals surface area (Å²) in [5.41, 5.74) is 0.920. The molecule has 4 nitrogen and oxygen atoms in total. The third-order valence-electron chi connectivity index (χ3n) is 1.70. The molecule has 0 bridgehead atoms. The predicted octanol–water partition coefficient (Wildman–Crippen LogP) is 0.216. The molecule has 1 aromatic rings. The van der Waals surface area contributed by atoms with Gasteiger partial charge in [0.25, 0.3) is 0 Å². The van der Waals surface area contributed by atoms with Crippen LogP contribution in [0.5, 0.6) is 0 Å². The third-order valence-corrected chi connectivity index (χ3v) is 2.84. The number of hydrogen-bond acceptors (Lipinski definition) is 3. The zero-order valence-electron chi connectivity index (χ0n) is 7.43. The maximum atomic E-state index is 11.0. The summed E-state index contributed by atoms with van der Waals surface area (Å²) in [6.07, 6.45) is 1.54. The number of sulfonamides is 1. The first-order chi connectivity index (χ1) is 6.64. The van der Waals surface area contributed by atoms with Crippen LogP contribution in [0.4, 0.5) is 0 Å². The van der Waals surface area contributed by atoms with Gasteiger partial charge < -0.3 is 0 Å². The molecule has 1 aromatic carbocycles. The average molecular weight is 212 g/mol. The van der Waals surface area contributed by atoms with Crippen molar-refractivity contribution in [3.8, 4) is 0 Å². The van der Waals surface area contributed by atoms with Gasteiger partial charge in [-0.1, -0.05) is 30.3 Å². The minimum Gasteiger partial charge on any atom is -0.263 e. The minimum absolute atomic E-state index is 0.105. The summed E-state index contributed by atoms with van der Waals surface area (Å²) in [4.78, 5) is 9.82. The number of rotatable bonds is 5. The molecule has 0 aromatic heterocycles. The highest BCUT2D eigenvalue weighted by molar-refractivity contribution is 7.89. The Labute approximate surface area is 83.0 Å². The highest BCUT2D eigenvalue weighted by atomic mass is 32.2. The molecule has 0 aliphatic rings. The fraction of sp³-hybridized carbons (Fsp3) is 0.222. The van der Waals surface area contributed by atoms with Gasteiger partial charge in [-0.2, -0.15) is 0 Å². The SMILES string of the molecule is O=[C]NS(=O)(=O)CCc1ccccc1. The number of amides is 1. The molecule has 0 fully saturated rings. The van der Waals surface area contributed by atoms with Crippen LogP contribution in [0, 0.1) is 0 Å². The van der Waals surface area contributed by atoms with Crippen LogP contribution in [0.1, 0.15) is 5.56 Å². The second-order valence-electron chi connectivity index (χ2n) is 2.76. The first-order valence-corrected chi connectivity index (χ1v) is 5.70. The molecule has 5 heteroatoms. The van der Waals surface area contributed by atoms with Crippen molar-refractivity contribution in [1.29, 1.82) is 0 Å². The molecular formula is C9H10NO3S. The van der Waals surface area contributed by atoms with Crippen LogP contribution in [-0.4, -0.2) is 20.6 Å². The zero-order chi connectivity index (χ0) is 10.4. The van der Waals surface area contributed by atoms with Gasteiger partial charge in [-0.3, -0.25) is 4.79 Å². The van der Waals surface area contributed by atoms with E-state index in [9.17, 15) is 13.2 Å². The standard InChI is InChI=1S/C9H10NO3S/c11-8-10-14(12,13)7-6-9-4-2-1-3-5-9/h1-5H,6-7H2,(H,10,11). The highest BCUT2D eigenvalue weighted by Gasteiger charge is 2.08. The van der Waals surface area contributed by atoms with Gasteiger partial charge in [0.15, 0.2) is 0 Å². The molecule has 1 N–H and O–H groups in total. The van der Waals surface area contributed by atoms with Gasteiger partial charge >= 0.3 is 6.41 Å². The van der Waals surface area contributed by atoms with E-state index in [4.69, 9.17) is 0 Å². The van der Waals surface area contributed by atoms with Crippen molar-refractivity contribution in [3.05, 3.63) is 35.9 Å². The van der Waals surface area contributed by atoms with Gasteiger partial charge in [-0.05, 0) is 12.0 Å². The molecule has 1 rings (SSSR count). The Hall–Kier alpha value is -1.36. The monoisotopic (exact) mass is 212 g/mol. The largest absolute Gasteiger partial charge is 0.323 e. The van der Waals surface area contributed by atoms with Crippen molar-refractivity contribution in [2.45, 2.75) is 6.42 Å². The van der Waals surface area contributed by atoms with Gasteiger partial charge in [-0.25, -0.2) is 13.1 Å². The van der Waals surface area contributed by atoms with Gasteiger partial charge in [0, 0.05) is 0 Å². The quantitative estimate of drug-likeness (QED) is 0.710. The summed E-state index contributed by atoms with van der Waals surface area (Å²) < 4.78 is 23.7. The summed E-state index contributed by atoms with van der Waals surface area (Å²) in [5.74, 6) is -0.105. The maximum Gasteiger partial charge on any atom is 0.323 e. The molecule has 0 heterocycles. The number of carbonyl (C=O) groups excluding carboxylic acids is 1.